The predicted octanol–water partition coefficient (Wildman–Crippen LogP) is 0.730. The van der Waals surface area contributed by atoms with Crippen LogP contribution in [0.5, 0.6) is 0 Å². The highest BCUT2D eigenvalue weighted by molar-refractivity contribution is 7.89. The van der Waals surface area contributed by atoms with Crippen molar-refractivity contribution in [1.29, 1.82) is 0 Å². The van der Waals surface area contributed by atoms with Crippen molar-refractivity contribution in [2.75, 3.05) is 26.2 Å². The van der Waals surface area contributed by atoms with Gasteiger partial charge in [-0.1, -0.05) is 17.7 Å². The number of benzene rings is 1. The van der Waals surface area contributed by atoms with Crippen molar-refractivity contribution in [2.24, 2.45) is 0 Å². The van der Waals surface area contributed by atoms with E-state index in [1.165, 1.54) is 4.31 Å². The van der Waals surface area contributed by atoms with Gasteiger partial charge < -0.3 is 10.4 Å². The molecule has 1 fully saturated rings. The molecule has 1 aromatic carbocycles. The summed E-state index contributed by atoms with van der Waals surface area (Å²) >= 11 is 0. The Bertz CT molecular complexity index is 522. The van der Waals surface area contributed by atoms with Crippen LogP contribution in [0.1, 0.15) is 18.4 Å². The van der Waals surface area contributed by atoms with Gasteiger partial charge in [0.1, 0.15) is 0 Å². The van der Waals surface area contributed by atoms with Crippen LogP contribution >= 0.6 is 0 Å². The van der Waals surface area contributed by atoms with Crippen molar-refractivity contribution in [3.05, 3.63) is 29.8 Å². The number of piperidine rings is 1. The van der Waals surface area contributed by atoms with Gasteiger partial charge in [0.25, 0.3) is 0 Å². The monoisotopic (exact) mass is 298 g/mol. The minimum atomic E-state index is -3.53. The first-order valence-electron chi connectivity index (χ1n) is 6.96. The number of rotatable bonds is 5. The van der Waals surface area contributed by atoms with Crippen LogP contribution in [0.4, 0.5) is 0 Å². The van der Waals surface area contributed by atoms with Crippen molar-refractivity contribution in [2.45, 2.75) is 30.7 Å². The molecule has 0 spiro atoms. The highest BCUT2D eigenvalue weighted by Crippen LogP contribution is 2.22. The molecule has 2 rings (SSSR count). The summed E-state index contributed by atoms with van der Waals surface area (Å²) in [6.07, 6.45) is 1.57. The Morgan fingerprint density at radius 2 is 1.85 bits per heavy atom. The molecule has 0 radical (unpaired) electrons. The number of aliphatic hydroxyl groups excluding tert-OH is 1. The van der Waals surface area contributed by atoms with Crippen LogP contribution in [0, 0.1) is 6.92 Å². The summed E-state index contributed by atoms with van der Waals surface area (Å²) in [6, 6.07) is 6.83. The van der Waals surface area contributed by atoms with Gasteiger partial charge in [-0.2, -0.15) is 4.31 Å². The van der Waals surface area contributed by atoms with E-state index in [1.807, 2.05) is 6.92 Å². The van der Waals surface area contributed by atoms with E-state index in [1.54, 1.807) is 24.3 Å². The van der Waals surface area contributed by atoms with Gasteiger partial charge in [0, 0.05) is 12.6 Å². The minimum absolute atomic E-state index is 0.0327. The van der Waals surface area contributed by atoms with E-state index in [0.29, 0.717) is 4.90 Å². The average molecular weight is 298 g/mol. The Hall–Kier alpha value is -0.950. The van der Waals surface area contributed by atoms with Gasteiger partial charge in [-0.25, -0.2) is 8.42 Å². The quantitative estimate of drug-likeness (QED) is 0.841. The Labute approximate surface area is 120 Å². The molecule has 0 bridgehead atoms. The van der Waals surface area contributed by atoms with Gasteiger partial charge in [0.15, 0.2) is 0 Å². The Kier molecular flexibility index (Phi) is 5.15. The fourth-order valence-electron chi connectivity index (χ4n) is 2.54. The molecule has 20 heavy (non-hydrogen) atoms. The van der Waals surface area contributed by atoms with Gasteiger partial charge in [0.05, 0.1) is 11.5 Å². The number of hydrogen-bond donors (Lipinski definition) is 2. The first-order valence-corrected chi connectivity index (χ1v) is 8.40. The molecule has 0 aromatic heterocycles. The number of nitrogens with zero attached hydrogens (tertiary/aromatic N) is 1. The maximum atomic E-state index is 12.7. The lowest BCUT2D eigenvalue weighted by Gasteiger charge is -2.33. The molecule has 0 amide bonds. The van der Waals surface area contributed by atoms with Crippen molar-refractivity contribution in [3.63, 3.8) is 0 Å². The maximum absolute atomic E-state index is 12.7. The van der Waals surface area contributed by atoms with Gasteiger partial charge in [-0.15, -0.1) is 0 Å². The third-order valence-corrected chi connectivity index (χ3v) is 5.63. The second-order valence-electron chi connectivity index (χ2n) is 5.13. The number of sulfonamides is 1. The van der Waals surface area contributed by atoms with Crippen LogP contribution in [-0.2, 0) is 10.0 Å². The van der Waals surface area contributed by atoms with E-state index in [0.717, 1.165) is 31.5 Å². The van der Waals surface area contributed by atoms with E-state index in [9.17, 15) is 13.5 Å². The Morgan fingerprint density at radius 3 is 2.40 bits per heavy atom. The first-order chi connectivity index (χ1) is 9.55. The largest absolute Gasteiger partial charge is 0.395 e. The number of aryl methyl sites for hydroxylation is 1. The molecule has 2 N–H and O–H groups in total. The fourth-order valence-corrected chi connectivity index (χ4v) is 4.21. The van der Waals surface area contributed by atoms with Crippen molar-refractivity contribution >= 4 is 10.0 Å². The molecule has 1 saturated heterocycles. The van der Waals surface area contributed by atoms with Crippen molar-refractivity contribution in [1.82, 2.24) is 9.62 Å². The summed E-state index contributed by atoms with van der Waals surface area (Å²) in [5.41, 5.74) is 1.03. The standard InChI is InChI=1S/C14H22N2O3S/c1-12-2-4-14(5-3-12)20(18,19)16(10-11-17)13-6-8-15-9-7-13/h2-5,13,15,17H,6-11H2,1H3. The average Bonchev–Trinajstić information content (AvgIpc) is 2.46. The summed E-state index contributed by atoms with van der Waals surface area (Å²) < 4.78 is 26.9. The highest BCUT2D eigenvalue weighted by Gasteiger charge is 2.31. The number of nitrogens with one attached hydrogen (secondary N) is 1. The highest BCUT2D eigenvalue weighted by atomic mass is 32.2. The van der Waals surface area contributed by atoms with Crippen molar-refractivity contribution in [3.8, 4) is 0 Å². The summed E-state index contributed by atoms with van der Waals surface area (Å²) in [5.74, 6) is 0. The van der Waals surface area contributed by atoms with Crippen LogP contribution in [0.25, 0.3) is 0 Å². The van der Waals surface area contributed by atoms with E-state index in [-0.39, 0.29) is 19.2 Å². The third kappa shape index (κ3) is 3.38. The Morgan fingerprint density at radius 1 is 1.25 bits per heavy atom. The van der Waals surface area contributed by atoms with Crippen LogP contribution in [0.2, 0.25) is 0 Å². The second-order valence-corrected chi connectivity index (χ2v) is 7.02. The molecule has 0 saturated carbocycles. The van der Waals surface area contributed by atoms with Crippen LogP contribution in [-0.4, -0.2) is 50.1 Å². The molecular weight excluding hydrogens is 276 g/mol. The molecule has 0 aliphatic carbocycles. The van der Waals surface area contributed by atoms with Gasteiger partial charge in [-0.3, -0.25) is 0 Å². The fraction of sp³-hybridized carbons (Fsp3) is 0.571. The molecular formula is C14H22N2O3S. The molecule has 112 valence electrons. The summed E-state index contributed by atoms with van der Waals surface area (Å²) in [6.45, 7) is 3.55. The second kappa shape index (κ2) is 6.67. The lowest BCUT2D eigenvalue weighted by molar-refractivity contribution is 0.204. The van der Waals surface area contributed by atoms with Crippen LogP contribution in [0.3, 0.4) is 0 Å². The zero-order valence-electron chi connectivity index (χ0n) is 11.7. The molecule has 5 nitrogen and oxygen atoms in total. The van der Waals surface area contributed by atoms with E-state index in [2.05, 4.69) is 5.32 Å². The van der Waals surface area contributed by atoms with Crippen LogP contribution in [0.15, 0.2) is 29.2 Å². The molecule has 1 aromatic rings. The molecule has 6 heteroatoms. The predicted molar refractivity (Wildman–Crippen MR) is 78.0 cm³/mol. The molecule has 1 heterocycles. The summed E-state index contributed by atoms with van der Waals surface area (Å²) in [5, 5.41) is 12.4. The lowest BCUT2D eigenvalue weighted by Crippen LogP contribution is -2.47. The molecule has 0 unspecified atom stereocenters. The molecule has 1 aliphatic heterocycles. The molecule has 0 atom stereocenters. The van der Waals surface area contributed by atoms with E-state index >= 15 is 0 Å². The third-order valence-electron chi connectivity index (χ3n) is 3.66. The van der Waals surface area contributed by atoms with E-state index in [4.69, 9.17) is 0 Å². The van der Waals surface area contributed by atoms with Gasteiger partial charge in [0.2, 0.25) is 10.0 Å². The maximum Gasteiger partial charge on any atom is 0.243 e. The van der Waals surface area contributed by atoms with Crippen molar-refractivity contribution < 1.29 is 13.5 Å². The summed E-state index contributed by atoms with van der Waals surface area (Å²) in [4.78, 5) is 0.301. The zero-order chi connectivity index (χ0) is 14.6. The topological polar surface area (TPSA) is 69.6 Å². The van der Waals surface area contributed by atoms with Gasteiger partial charge >= 0.3 is 0 Å². The normalized spacial score (nSPS) is 17.6. The lowest BCUT2D eigenvalue weighted by atomic mass is 10.1. The molecule has 1 aliphatic rings. The van der Waals surface area contributed by atoms with Gasteiger partial charge in [-0.05, 0) is 45.0 Å². The first kappa shape index (κ1) is 15.4. The SMILES string of the molecule is Cc1ccc(S(=O)(=O)N(CCO)C2CCNCC2)cc1. The zero-order valence-corrected chi connectivity index (χ0v) is 12.6. The number of hydrogen-bond acceptors (Lipinski definition) is 4. The van der Waals surface area contributed by atoms with E-state index < -0.39 is 10.0 Å². The minimum Gasteiger partial charge on any atom is -0.395 e. The Balaban J connectivity index is 2.28. The summed E-state index contributed by atoms with van der Waals surface area (Å²) in [7, 11) is -3.53. The number of aliphatic hydroxyl groups is 1. The smallest absolute Gasteiger partial charge is 0.243 e. The van der Waals surface area contributed by atoms with Crippen LogP contribution < -0.4 is 5.32 Å².